The van der Waals surface area contributed by atoms with Gasteiger partial charge in [0.2, 0.25) is 0 Å². The predicted molar refractivity (Wildman–Crippen MR) is 81.3 cm³/mol. The third kappa shape index (κ3) is 3.48. The number of para-hydroxylation sites is 1. The van der Waals surface area contributed by atoms with Crippen LogP contribution in [0, 0.1) is 10.1 Å². The zero-order valence-electron chi connectivity index (χ0n) is 11.0. The van der Waals surface area contributed by atoms with E-state index in [1.165, 1.54) is 11.6 Å². The average Bonchev–Trinajstić information content (AvgIpc) is 2.39. The highest BCUT2D eigenvalue weighted by atomic mass is 35.5. The highest BCUT2D eigenvalue weighted by Gasteiger charge is 2.19. The van der Waals surface area contributed by atoms with Crippen LogP contribution >= 0.6 is 11.6 Å². The minimum Gasteiger partial charge on any atom is -0.377 e. The number of nitrogens with one attached hydrogen (secondary N) is 1. The molecule has 2 aromatic carbocycles. The lowest BCUT2D eigenvalue weighted by Crippen LogP contribution is -2.18. The number of halogens is 1. The van der Waals surface area contributed by atoms with Crippen LogP contribution in [0.2, 0.25) is 5.02 Å². The average molecular weight is 291 g/mol. The second-order valence-corrected chi connectivity index (χ2v) is 5.04. The number of hydrogen-bond donors (Lipinski definition) is 1. The van der Waals surface area contributed by atoms with Crippen molar-refractivity contribution >= 4 is 23.0 Å². The van der Waals surface area contributed by atoms with Crippen LogP contribution in [0.25, 0.3) is 0 Å². The highest BCUT2D eigenvalue weighted by molar-refractivity contribution is 6.33. The summed E-state index contributed by atoms with van der Waals surface area (Å²) in [5.74, 6) is 0. The molecule has 1 unspecified atom stereocenters. The second-order valence-electron chi connectivity index (χ2n) is 4.63. The quantitative estimate of drug-likeness (QED) is 0.660. The summed E-state index contributed by atoms with van der Waals surface area (Å²) in [6.07, 6.45) is 0.782. The fraction of sp³-hybridized carbons (Fsp3) is 0.200. The normalized spacial score (nSPS) is 11.9. The molecule has 0 aliphatic carbocycles. The number of nitro groups is 1. The van der Waals surface area contributed by atoms with E-state index in [0.29, 0.717) is 5.69 Å². The molecule has 0 spiro atoms. The molecule has 2 aromatic rings. The number of rotatable bonds is 5. The Kier molecular flexibility index (Phi) is 4.58. The van der Waals surface area contributed by atoms with Gasteiger partial charge in [-0.15, -0.1) is 0 Å². The second kappa shape index (κ2) is 6.39. The van der Waals surface area contributed by atoms with Gasteiger partial charge in [-0.25, -0.2) is 0 Å². The Morgan fingerprint density at radius 1 is 1.20 bits per heavy atom. The molecule has 4 nitrogen and oxygen atoms in total. The minimum absolute atomic E-state index is 0.0644. The van der Waals surface area contributed by atoms with E-state index in [9.17, 15) is 10.1 Å². The van der Waals surface area contributed by atoms with Gasteiger partial charge in [0, 0.05) is 6.04 Å². The molecule has 0 bridgehead atoms. The van der Waals surface area contributed by atoms with Crippen LogP contribution in [0.4, 0.5) is 11.4 Å². The first-order valence-electron chi connectivity index (χ1n) is 6.31. The lowest BCUT2D eigenvalue weighted by molar-refractivity contribution is -0.383. The van der Waals surface area contributed by atoms with Gasteiger partial charge in [0.15, 0.2) is 0 Å². The van der Waals surface area contributed by atoms with E-state index in [1.54, 1.807) is 12.1 Å². The SMILES string of the molecule is CC(Cc1ccccc1)Nc1cccc(Cl)c1[N+](=O)[O-]. The summed E-state index contributed by atoms with van der Waals surface area (Å²) in [7, 11) is 0. The Bertz CT molecular complexity index is 602. The summed E-state index contributed by atoms with van der Waals surface area (Å²) >= 11 is 5.89. The summed E-state index contributed by atoms with van der Waals surface area (Å²) in [5.41, 5.74) is 1.55. The van der Waals surface area contributed by atoms with Crippen molar-refractivity contribution in [2.45, 2.75) is 19.4 Å². The Labute approximate surface area is 122 Å². The van der Waals surface area contributed by atoms with Gasteiger partial charge >= 0.3 is 5.69 Å². The lowest BCUT2D eigenvalue weighted by Gasteiger charge is -2.15. The maximum absolute atomic E-state index is 11.1. The maximum Gasteiger partial charge on any atom is 0.310 e. The molecule has 1 N–H and O–H groups in total. The van der Waals surface area contributed by atoms with Gasteiger partial charge in [0.05, 0.1) is 4.92 Å². The van der Waals surface area contributed by atoms with Crippen molar-refractivity contribution in [2.24, 2.45) is 0 Å². The third-order valence-corrected chi connectivity index (χ3v) is 3.26. The largest absolute Gasteiger partial charge is 0.377 e. The van der Waals surface area contributed by atoms with E-state index in [-0.39, 0.29) is 16.8 Å². The molecule has 104 valence electrons. The molecule has 2 rings (SSSR count). The first-order chi connectivity index (χ1) is 9.58. The number of hydrogen-bond acceptors (Lipinski definition) is 3. The van der Waals surface area contributed by atoms with Gasteiger partial charge in [-0.1, -0.05) is 48.0 Å². The van der Waals surface area contributed by atoms with Crippen LogP contribution in [0.1, 0.15) is 12.5 Å². The molecule has 0 fully saturated rings. The smallest absolute Gasteiger partial charge is 0.310 e. The zero-order valence-corrected chi connectivity index (χ0v) is 11.8. The van der Waals surface area contributed by atoms with Crippen LogP contribution < -0.4 is 5.32 Å². The van der Waals surface area contributed by atoms with Crippen molar-refractivity contribution < 1.29 is 4.92 Å². The molecule has 0 radical (unpaired) electrons. The summed E-state index contributed by atoms with van der Waals surface area (Å²) < 4.78 is 0. The number of nitro benzene ring substituents is 1. The van der Waals surface area contributed by atoms with Gasteiger partial charge in [0.25, 0.3) is 0 Å². The van der Waals surface area contributed by atoms with E-state index >= 15 is 0 Å². The Balaban J connectivity index is 2.14. The number of anilines is 1. The van der Waals surface area contributed by atoms with Crippen LogP contribution in [0.3, 0.4) is 0 Å². The molecule has 0 saturated carbocycles. The predicted octanol–water partition coefficient (Wildman–Crippen LogP) is 4.29. The molecule has 1 atom stereocenters. The molecule has 0 saturated heterocycles. The summed E-state index contributed by atoms with van der Waals surface area (Å²) in [6.45, 7) is 1.98. The van der Waals surface area contributed by atoms with Gasteiger partial charge in [-0.05, 0) is 31.0 Å². The fourth-order valence-electron chi connectivity index (χ4n) is 2.10. The van der Waals surface area contributed by atoms with Gasteiger partial charge in [-0.3, -0.25) is 10.1 Å². The Hall–Kier alpha value is -2.07. The van der Waals surface area contributed by atoms with Crippen LogP contribution in [0.5, 0.6) is 0 Å². The summed E-state index contributed by atoms with van der Waals surface area (Å²) in [6, 6.07) is 14.9. The standard InChI is InChI=1S/C15H15ClN2O2/c1-11(10-12-6-3-2-4-7-12)17-14-9-5-8-13(16)15(14)18(19)20/h2-9,11,17H,10H2,1H3. The fourth-order valence-corrected chi connectivity index (χ4v) is 2.35. The molecule has 20 heavy (non-hydrogen) atoms. The lowest BCUT2D eigenvalue weighted by atomic mass is 10.1. The molecule has 5 heteroatoms. The van der Waals surface area contributed by atoms with E-state index in [4.69, 9.17) is 11.6 Å². The maximum atomic E-state index is 11.1. The van der Waals surface area contributed by atoms with Crippen molar-refractivity contribution in [3.63, 3.8) is 0 Å². The van der Waals surface area contributed by atoms with Crippen molar-refractivity contribution in [3.05, 3.63) is 69.2 Å². The third-order valence-electron chi connectivity index (χ3n) is 2.96. The minimum atomic E-state index is -0.458. The Morgan fingerprint density at radius 2 is 1.90 bits per heavy atom. The first kappa shape index (κ1) is 14.3. The summed E-state index contributed by atoms with van der Waals surface area (Å²) in [4.78, 5) is 10.6. The van der Waals surface area contributed by atoms with E-state index in [0.717, 1.165) is 6.42 Å². The van der Waals surface area contributed by atoms with Crippen LogP contribution in [-0.4, -0.2) is 11.0 Å². The van der Waals surface area contributed by atoms with Gasteiger partial charge in [0.1, 0.15) is 10.7 Å². The van der Waals surface area contributed by atoms with E-state index in [1.807, 2.05) is 37.3 Å². The molecule has 0 amide bonds. The number of nitrogens with zero attached hydrogens (tertiary/aromatic N) is 1. The van der Waals surface area contributed by atoms with Crippen molar-refractivity contribution in [1.29, 1.82) is 0 Å². The molecule has 0 aromatic heterocycles. The summed E-state index contributed by atoms with van der Waals surface area (Å²) in [5, 5.41) is 14.4. The van der Waals surface area contributed by atoms with Gasteiger partial charge in [-0.2, -0.15) is 0 Å². The van der Waals surface area contributed by atoms with E-state index in [2.05, 4.69) is 5.32 Å². The molecule has 0 aliphatic heterocycles. The van der Waals surface area contributed by atoms with Crippen molar-refractivity contribution in [3.8, 4) is 0 Å². The molecule has 0 heterocycles. The molecular weight excluding hydrogens is 276 g/mol. The number of benzene rings is 2. The van der Waals surface area contributed by atoms with E-state index < -0.39 is 4.92 Å². The molecular formula is C15H15ClN2O2. The van der Waals surface area contributed by atoms with Crippen molar-refractivity contribution in [1.82, 2.24) is 0 Å². The highest BCUT2D eigenvalue weighted by Crippen LogP contribution is 2.32. The van der Waals surface area contributed by atoms with Crippen molar-refractivity contribution in [2.75, 3.05) is 5.32 Å². The van der Waals surface area contributed by atoms with Gasteiger partial charge < -0.3 is 5.32 Å². The first-order valence-corrected chi connectivity index (χ1v) is 6.69. The van der Waals surface area contributed by atoms with Crippen LogP contribution in [0.15, 0.2) is 48.5 Å². The monoisotopic (exact) mass is 290 g/mol. The topological polar surface area (TPSA) is 55.2 Å². The van der Waals surface area contributed by atoms with Crippen LogP contribution in [-0.2, 0) is 6.42 Å². The molecule has 0 aliphatic rings. The Morgan fingerprint density at radius 3 is 2.55 bits per heavy atom. The zero-order chi connectivity index (χ0) is 14.5.